The number of aromatic carboxylic acids is 1. The highest BCUT2D eigenvalue weighted by molar-refractivity contribution is 5.91. The maximum Gasteiger partial charge on any atom is 0.341 e. The van der Waals surface area contributed by atoms with Crippen molar-refractivity contribution < 1.29 is 14.6 Å². The van der Waals surface area contributed by atoms with Gasteiger partial charge in [0.05, 0.1) is 12.3 Å². The fourth-order valence-electron chi connectivity index (χ4n) is 1.18. The van der Waals surface area contributed by atoms with Gasteiger partial charge in [0.25, 0.3) is 0 Å². The van der Waals surface area contributed by atoms with Gasteiger partial charge in [0, 0.05) is 0 Å². The van der Waals surface area contributed by atoms with Crippen molar-refractivity contribution >= 4 is 5.97 Å². The van der Waals surface area contributed by atoms with Gasteiger partial charge in [0.1, 0.15) is 5.56 Å². The number of hydrogen-bond donors (Lipinski definition) is 1. The first-order chi connectivity index (χ1) is 7.57. The third-order valence-electron chi connectivity index (χ3n) is 2.20. The first-order valence-corrected chi connectivity index (χ1v) is 4.88. The van der Waals surface area contributed by atoms with Gasteiger partial charge in [0.2, 0.25) is 5.88 Å². The van der Waals surface area contributed by atoms with E-state index in [1.165, 1.54) is 0 Å². The van der Waals surface area contributed by atoms with Crippen molar-refractivity contribution in [3.05, 3.63) is 29.5 Å². The Balaban J connectivity index is 3.03. The van der Waals surface area contributed by atoms with Crippen molar-refractivity contribution in [1.29, 1.82) is 0 Å². The summed E-state index contributed by atoms with van der Waals surface area (Å²) >= 11 is 0. The van der Waals surface area contributed by atoms with Crippen molar-refractivity contribution in [2.75, 3.05) is 6.61 Å². The number of aryl methyl sites for hydroxylation is 1. The summed E-state index contributed by atoms with van der Waals surface area (Å²) in [6.45, 7) is 7.30. The molecule has 1 aromatic rings. The van der Waals surface area contributed by atoms with Crippen molar-refractivity contribution in [3.8, 4) is 5.88 Å². The fraction of sp³-hybridized carbons (Fsp3) is 0.364. The molecule has 0 fully saturated rings. The number of carboxylic acid groups (broad SMARTS) is 1. The van der Waals surface area contributed by atoms with Gasteiger partial charge in [-0.3, -0.25) is 0 Å². The fourth-order valence-corrected chi connectivity index (χ4v) is 1.18. The molecule has 0 saturated carbocycles. The van der Waals surface area contributed by atoms with Crippen molar-refractivity contribution in [2.45, 2.75) is 20.3 Å². The molecule has 0 saturated heterocycles. The zero-order valence-electron chi connectivity index (χ0n) is 9.36. The van der Waals surface area contributed by atoms with Crippen LogP contribution in [0.25, 0.3) is 0 Å². The molecule has 0 atom stereocenters. The monoisotopic (exact) mass is 222 g/mol. The van der Waals surface area contributed by atoms with E-state index in [0.717, 1.165) is 0 Å². The summed E-state index contributed by atoms with van der Waals surface area (Å²) in [7, 11) is 0. The molecule has 0 radical (unpaired) electrons. The quantitative estimate of drug-likeness (QED) is 0.607. The predicted molar refractivity (Wildman–Crippen MR) is 58.8 cm³/mol. The summed E-state index contributed by atoms with van der Waals surface area (Å²) in [6, 6.07) is 0. The summed E-state index contributed by atoms with van der Waals surface area (Å²) in [6.07, 6.45) is 2.32. The molecule has 0 aliphatic heterocycles. The minimum absolute atomic E-state index is 0.0671. The third-order valence-corrected chi connectivity index (χ3v) is 2.20. The molecule has 0 spiro atoms. The summed E-state index contributed by atoms with van der Waals surface area (Å²) < 4.78 is 5.25. The topological polar surface area (TPSA) is 72.3 Å². The van der Waals surface area contributed by atoms with Crippen molar-refractivity contribution in [2.24, 2.45) is 0 Å². The van der Waals surface area contributed by atoms with E-state index in [4.69, 9.17) is 9.84 Å². The van der Waals surface area contributed by atoms with Gasteiger partial charge in [-0.25, -0.2) is 4.79 Å². The number of rotatable bonds is 5. The Kier molecular flexibility index (Phi) is 3.99. The average Bonchev–Trinajstić information content (AvgIpc) is 2.23. The molecule has 0 unspecified atom stereocenters. The molecule has 1 rings (SSSR count). The molecular formula is C11H14N2O3. The van der Waals surface area contributed by atoms with Crippen LogP contribution in [0.1, 0.15) is 28.0 Å². The molecule has 16 heavy (non-hydrogen) atoms. The van der Waals surface area contributed by atoms with E-state index in [2.05, 4.69) is 16.8 Å². The highest BCUT2D eigenvalue weighted by Crippen LogP contribution is 2.20. The van der Waals surface area contributed by atoms with Gasteiger partial charge in [-0.1, -0.05) is 6.08 Å². The third kappa shape index (κ3) is 2.56. The Hall–Kier alpha value is -1.91. The Morgan fingerprint density at radius 1 is 1.50 bits per heavy atom. The highest BCUT2D eigenvalue weighted by Gasteiger charge is 2.18. The lowest BCUT2D eigenvalue weighted by Gasteiger charge is -2.09. The first kappa shape index (κ1) is 12.2. The summed E-state index contributed by atoms with van der Waals surface area (Å²) in [5.41, 5.74) is 1.25. The van der Waals surface area contributed by atoms with Gasteiger partial charge in [0.15, 0.2) is 0 Å². The van der Waals surface area contributed by atoms with Crippen LogP contribution in [-0.2, 0) is 0 Å². The lowest BCUT2D eigenvalue weighted by atomic mass is 10.1. The lowest BCUT2D eigenvalue weighted by molar-refractivity contribution is 0.0689. The number of hydrogen-bond acceptors (Lipinski definition) is 4. The molecule has 0 aromatic carbocycles. The van der Waals surface area contributed by atoms with Crippen LogP contribution in [0.4, 0.5) is 0 Å². The molecule has 1 N–H and O–H groups in total. The molecule has 0 aliphatic carbocycles. The molecule has 5 heteroatoms. The molecule has 0 aliphatic rings. The van der Waals surface area contributed by atoms with Gasteiger partial charge in [-0.15, -0.1) is 11.7 Å². The smallest absolute Gasteiger partial charge is 0.341 e. The zero-order chi connectivity index (χ0) is 12.1. The van der Waals surface area contributed by atoms with E-state index in [1.807, 2.05) is 0 Å². The second-order valence-electron chi connectivity index (χ2n) is 3.32. The minimum Gasteiger partial charge on any atom is -0.477 e. The number of carboxylic acids is 1. The van der Waals surface area contributed by atoms with Crippen LogP contribution in [0.5, 0.6) is 5.88 Å². The number of carbonyl (C=O) groups is 1. The molecule has 1 aromatic heterocycles. The van der Waals surface area contributed by atoms with Crippen LogP contribution in [0.2, 0.25) is 0 Å². The first-order valence-electron chi connectivity index (χ1n) is 4.88. The SMILES string of the molecule is C=CCCOc1nnc(C)c(C)c1C(=O)O. The largest absolute Gasteiger partial charge is 0.477 e. The highest BCUT2D eigenvalue weighted by atomic mass is 16.5. The Morgan fingerprint density at radius 2 is 2.19 bits per heavy atom. The van der Waals surface area contributed by atoms with Crippen molar-refractivity contribution in [1.82, 2.24) is 10.2 Å². The molecule has 86 valence electrons. The van der Waals surface area contributed by atoms with E-state index >= 15 is 0 Å². The number of aromatic nitrogens is 2. The Bertz CT molecular complexity index is 416. The molecule has 0 amide bonds. The maximum absolute atomic E-state index is 11.1. The second kappa shape index (κ2) is 5.25. The normalized spacial score (nSPS) is 9.88. The second-order valence-corrected chi connectivity index (χ2v) is 3.32. The zero-order valence-corrected chi connectivity index (χ0v) is 9.36. The summed E-state index contributed by atoms with van der Waals surface area (Å²) in [5, 5.41) is 16.6. The molecular weight excluding hydrogens is 208 g/mol. The molecule has 1 heterocycles. The molecule has 5 nitrogen and oxygen atoms in total. The number of nitrogens with zero attached hydrogens (tertiary/aromatic N) is 2. The van der Waals surface area contributed by atoms with E-state index in [-0.39, 0.29) is 11.4 Å². The van der Waals surface area contributed by atoms with Crippen LogP contribution < -0.4 is 4.74 Å². The van der Waals surface area contributed by atoms with Crippen LogP contribution in [0.15, 0.2) is 12.7 Å². The minimum atomic E-state index is -1.05. The average molecular weight is 222 g/mol. The van der Waals surface area contributed by atoms with E-state index in [0.29, 0.717) is 24.3 Å². The van der Waals surface area contributed by atoms with Gasteiger partial charge < -0.3 is 9.84 Å². The van der Waals surface area contributed by atoms with Crippen LogP contribution in [-0.4, -0.2) is 27.9 Å². The summed E-state index contributed by atoms with van der Waals surface area (Å²) in [5.74, 6) is -0.985. The van der Waals surface area contributed by atoms with E-state index < -0.39 is 5.97 Å². The van der Waals surface area contributed by atoms with Crippen LogP contribution in [0.3, 0.4) is 0 Å². The van der Waals surface area contributed by atoms with Gasteiger partial charge >= 0.3 is 5.97 Å². The van der Waals surface area contributed by atoms with E-state index in [1.54, 1.807) is 19.9 Å². The Labute approximate surface area is 93.8 Å². The van der Waals surface area contributed by atoms with Crippen molar-refractivity contribution in [3.63, 3.8) is 0 Å². The Morgan fingerprint density at radius 3 is 2.75 bits per heavy atom. The van der Waals surface area contributed by atoms with Gasteiger partial charge in [-0.2, -0.15) is 5.10 Å². The summed E-state index contributed by atoms with van der Waals surface area (Å²) in [4.78, 5) is 11.1. The van der Waals surface area contributed by atoms with E-state index in [9.17, 15) is 4.79 Å². The van der Waals surface area contributed by atoms with Crippen LogP contribution >= 0.6 is 0 Å². The predicted octanol–water partition coefficient (Wildman–Crippen LogP) is 1.75. The standard InChI is InChI=1S/C11H14N2O3/c1-4-5-6-16-10-9(11(14)15)7(2)8(3)12-13-10/h4H,1,5-6H2,2-3H3,(H,14,15). The number of ether oxygens (including phenoxy) is 1. The lowest BCUT2D eigenvalue weighted by Crippen LogP contribution is -2.10. The van der Waals surface area contributed by atoms with Gasteiger partial charge in [-0.05, 0) is 25.8 Å². The maximum atomic E-state index is 11.1. The van der Waals surface area contributed by atoms with Crippen LogP contribution in [0, 0.1) is 13.8 Å². The molecule has 0 bridgehead atoms.